The third-order valence-electron chi connectivity index (χ3n) is 5.12. The molecule has 0 atom stereocenters. The van der Waals surface area contributed by atoms with Crippen molar-refractivity contribution in [2.75, 3.05) is 18.0 Å². The van der Waals surface area contributed by atoms with Crippen LogP contribution >= 0.6 is 0 Å². The number of hydrogen-bond donors (Lipinski definition) is 0. The predicted octanol–water partition coefficient (Wildman–Crippen LogP) is 5.03. The Balaban J connectivity index is 2.05. The summed E-state index contributed by atoms with van der Waals surface area (Å²) < 4.78 is 5.54. The standard InChI is InChI=1S/C26H20N4O2/c1-3-30(4-2)23-11-9-20-13-21(26(31)32-25(20)14-23)10-12-24(22(16-28)17-29)19-7-5-18(15-27)6-8-19/h5-14H,3-4H2,1-2H3/b12-10+. The zero-order valence-corrected chi connectivity index (χ0v) is 17.8. The lowest BCUT2D eigenvalue weighted by molar-refractivity contribution is 0.559. The fourth-order valence-corrected chi connectivity index (χ4v) is 3.38. The molecule has 3 aromatic rings. The van der Waals surface area contributed by atoms with E-state index in [2.05, 4.69) is 18.7 Å². The number of nitriles is 3. The van der Waals surface area contributed by atoms with Gasteiger partial charge in [-0.05, 0) is 55.8 Å². The first-order chi connectivity index (χ1) is 15.5. The monoisotopic (exact) mass is 420 g/mol. The number of anilines is 1. The Labute approximate surface area is 186 Å². The summed E-state index contributed by atoms with van der Waals surface area (Å²) in [5, 5.41) is 28.5. The van der Waals surface area contributed by atoms with E-state index in [1.165, 1.54) is 6.08 Å². The molecule has 0 N–H and O–H groups in total. The highest BCUT2D eigenvalue weighted by Gasteiger charge is 2.10. The molecule has 3 rings (SSSR count). The Bertz CT molecular complexity index is 1370. The molecule has 156 valence electrons. The van der Waals surface area contributed by atoms with Gasteiger partial charge in [-0.3, -0.25) is 0 Å². The van der Waals surface area contributed by atoms with Crippen LogP contribution in [0.2, 0.25) is 0 Å². The first-order valence-electron chi connectivity index (χ1n) is 10.1. The minimum Gasteiger partial charge on any atom is -0.422 e. The van der Waals surface area contributed by atoms with Gasteiger partial charge in [-0.2, -0.15) is 15.8 Å². The van der Waals surface area contributed by atoms with E-state index in [0.29, 0.717) is 27.8 Å². The lowest BCUT2D eigenvalue weighted by Crippen LogP contribution is -2.21. The number of nitrogens with zero attached hydrogens (tertiary/aromatic N) is 4. The van der Waals surface area contributed by atoms with Gasteiger partial charge in [0, 0.05) is 35.8 Å². The molecule has 0 saturated heterocycles. The SMILES string of the molecule is CCN(CC)c1ccc2cc(/C=C/C(=C(C#N)C#N)c3ccc(C#N)cc3)c(=O)oc2c1. The van der Waals surface area contributed by atoms with Gasteiger partial charge in [-0.25, -0.2) is 4.79 Å². The summed E-state index contributed by atoms with van der Waals surface area (Å²) in [6.45, 7) is 5.82. The third-order valence-corrected chi connectivity index (χ3v) is 5.12. The summed E-state index contributed by atoms with van der Waals surface area (Å²) in [7, 11) is 0. The Hall–Kier alpha value is -4.60. The van der Waals surface area contributed by atoms with E-state index < -0.39 is 5.63 Å². The molecule has 32 heavy (non-hydrogen) atoms. The number of fused-ring (bicyclic) bond motifs is 1. The lowest BCUT2D eigenvalue weighted by atomic mass is 9.98. The second-order valence-corrected chi connectivity index (χ2v) is 6.92. The van der Waals surface area contributed by atoms with Crippen molar-refractivity contribution < 1.29 is 4.42 Å². The molecule has 6 nitrogen and oxygen atoms in total. The normalized spacial score (nSPS) is 10.3. The van der Waals surface area contributed by atoms with Gasteiger partial charge in [-0.1, -0.05) is 18.2 Å². The van der Waals surface area contributed by atoms with E-state index in [4.69, 9.17) is 9.68 Å². The number of rotatable bonds is 6. The van der Waals surface area contributed by atoms with Crippen molar-refractivity contribution in [3.63, 3.8) is 0 Å². The maximum absolute atomic E-state index is 12.6. The highest BCUT2D eigenvalue weighted by atomic mass is 16.4. The van der Waals surface area contributed by atoms with Crippen LogP contribution in [0.4, 0.5) is 5.69 Å². The predicted molar refractivity (Wildman–Crippen MR) is 124 cm³/mol. The fraction of sp³-hybridized carbons (Fsp3) is 0.154. The second kappa shape index (κ2) is 9.94. The summed E-state index contributed by atoms with van der Waals surface area (Å²) in [6, 6.07) is 19.8. The molecule has 2 aromatic carbocycles. The van der Waals surface area contributed by atoms with Crippen LogP contribution in [0.15, 0.2) is 69.4 Å². The number of allylic oxidation sites excluding steroid dienone is 3. The molecule has 1 heterocycles. The Morgan fingerprint density at radius 3 is 2.28 bits per heavy atom. The fourth-order valence-electron chi connectivity index (χ4n) is 3.38. The van der Waals surface area contributed by atoms with E-state index >= 15 is 0 Å². The average Bonchev–Trinajstić information content (AvgIpc) is 2.82. The summed E-state index contributed by atoms with van der Waals surface area (Å²) in [4.78, 5) is 14.7. The molecule has 0 aliphatic carbocycles. The van der Waals surface area contributed by atoms with Gasteiger partial charge in [-0.15, -0.1) is 0 Å². The van der Waals surface area contributed by atoms with Crippen molar-refractivity contribution in [3.05, 3.63) is 87.3 Å². The summed E-state index contributed by atoms with van der Waals surface area (Å²) >= 11 is 0. The van der Waals surface area contributed by atoms with Crippen molar-refractivity contribution in [1.82, 2.24) is 0 Å². The Morgan fingerprint density at radius 1 is 1.00 bits per heavy atom. The molecule has 0 spiro atoms. The van der Waals surface area contributed by atoms with Gasteiger partial charge in [0.05, 0.1) is 17.2 Å². The maximum atomic E-state index is 12.6. The first kappa shape index (κ1) is 22.1. The third kappa shape index (κ3) is 4.59. The minimum atomic E-state index is -0.514. The van der Waals surface area contributed by atoms with Gasteiger partial charge < -0.3 is 9.32 Å². The molecule has 6 heteroatoms. The van der Waals surface area contributed by atoms with Crippen LogP contribution < -0.4 is 10.5 Å². The molecule has 0 unspecified atom stereocenters. The van der Waals surface area contributed by atoms with Gasteiger partial charge in [0.1, 0.15) is 23.3 Å². The van der Waals surface area contributed by atoms with Crippen LogP contribution in [0.1, 0.15) is 30.5 Å². The zero-order chi connectivity index (χ0) is 23.1. The van der Waals surface area contributed by atoms with Gasteiger partial charge >= 0.3 is 5.63 Å². The van der Waals surface area contributed by atoms with E-state index in [-0.39, 0.29) is 5.57 Å². The van der Waals surface area contributed by atoms with Crippen molar-refractivity contribution in [2.45, 2.75) is 13.8 Å². The molecule has 0 aliphatic heterocycles. The summed E-state index contributed by atoms with van der Waals surface area (Å²) in [5.74, 6) is 0. The zero-order valence-electron chi connectivity index (χ0n) is 17.8. The largest absolute Gasteiger partial charge is 0.422 e. The average molecular weight is 420 g/mol. The molecular formula is C26H20N4O2. The summed E-state index contributed by atoms with van der Waals surface area (Å²) in [6.07, 6.45) is 3.08. The highest BCUT2D eigenvalue weighted by molar-refractivity contribution is 5.87. The topological polar surface area (TPSA) is 105 Å². The van der Waals surface area contributed by atoms with E-state index in [9.17, 15) is 15.3 Å². The first-order valence-corrected chi connectivity index (χ1v) is 10.1. The van der Waals surface area contributed by atoms with Crippen LogP contribution in [0.5, 0.6) is 0 Å². The van der Waals surface area contributed by atoms with Crippen molar-refractivity contribution >= 4 is 28.3 Å². The molecule has 0 saturated carbocycles. The maximum Gasteiger partial charge on any atom is 0.343 e. The highest BCUT2D eigenvalue weighted by Crippen LogP contribution is 2.24. The molecule has 0 amide bonds. The van der Waals surface area contributed by atoms with Crippen LogP contribution in [0, 0.1) is 34.0 Å². The van der Waals surface area contributed by atoms with Crippen molar-refractivity contribution in [3.8, 4) is 18.2 Å². The van der Waals surface area contributed by atoms with E-state index in [1.54, 1.807) is 36.4 Å². The van der Waals surface area contributed by atoms with E-state index in [1.807, 2.05) is 36.4 Å². The van der Waals surface area contributed by atoms with Gasteiger partial charge in [0.15, 0.2) is 0 Å². The molecular weight excluding hydrogens is 400 g/mol. The van der Waals surface area contributed by atoms with Crippen LogP contribution in [-0.4, -0.2) is 13.1 Å². The molecule has 0 bridgehead atoms. The van der Waals surface area contributed by atoms with Crippen LogP contribution in [-0.2, 0) is 0 Å². The Kier molecular flexibility index (Phi) is 6.86. The Morgan fingerprint density at radius 2 is 1.69 bits per heavy atom. The van der Waals surface area contributed by atoms with Gasteiger partial charge in [0.25, 0.3) is 0 Å². The van der Waals surface area contributed by atoms with Gasteiger partial charge in [0.2, 0.25) is 0 Å². The van der Waals surface area contributed by atoms with Crippen LogP contribution in [0.3, 0.4) is 0 Å². The van der Waals surface area contributed by atoms with Crippen LogP contribution in [0.25, 0.3) is 22.6 Å². The minimum absolute atomic E-state index is 0.0972. The quantitative estimate of drug-likeness (QED) is 0.315. The molecule has 0 fully saturated rings. The molecule has 0 aliphatic rings. The number of hydrogen-bond acceptors (Lipinski definition) is 6. The molecule has 1 aromatic heterocycles. The molecule has 0 radical (unpaired) electrons. The van der Waals surface area contributed by atoms with Crippen molar-refractivity contribution in [2.24, 2.45) is 0 Å². The summed E-state index contributed by atoms with van der Waals surface area (Å²) in [5.41, 5.74) is 2.58. The van der Waals surface area contributed by atoms with E-state index in [0.717, 1.165) is 24.2 Å². The lowest BCUT2D eigenvalue weighted by Gasteiger charge is -2.20. The number of benzene rings is 2. The smallest absolute Gasteiger partial charge is 0.343 e. The van der Waals surface area contributed by atoms with Crippen molar-refractivity contribution in [1.29, 1.82) is 15.8 Å². The second-order valence-electron chi connectivity index (χ2n) is 6.92.